The first kappa shape index (κ1) is 16.3. The molecule has 0 aromatic rings. The van der Waals surface area contributed by atoms with Crippen LogP contribution in [0.4, 0.5) is 0 Å². The highest BCUT2D eigenvalue weighted by atomic mass is 16.3. The molecule has 0 bridgehead atoms. The Bertz CT molecular complexity index is 287. The Balaban J connectivity index is 1.84. The van der Waals surface area contributed by atoms with Gasteiger partial charge in [0, 0.05) is 18.6 Å². The maximum Gasteiger partial charge on any atom is 0.0616 e. The molecule has 20 heavy (non-hydrogen) atoms. The molecule has 1 heterocycles. The highest BCUT2D eigenvalue weighted by Gasteiger charge is 2.41. The first-order valence-corrected chi connectivity index (χ1v) is 8.69. The fraction of sp³-hybridized carbons (Fsp3) is 1.00. The van der Waals surface area contributed by atoms with Crippen molar-refractivity contribution in [3.8, 4) is 0 Å². The molecular formula is C17H34N2O. The molecular weight excluding hydrogens is 248 g/mol. The number of likely N-dealkylation sites (tertiary alicyclic amines) is 1. The first-order chi connectivity index (χ1) is 9.61. The molecule has 0 spiro atoms. The van der Waals surface area contributed by atoms with E-state index in [1.54, 1.807) is 0 Å². The molecule has 4 atom stereocenters. The van der Waals surface area contributed by atoms with Gasteiger partial charge in [-0.15, -0.1) is 0 Å². The lowest BCUT2D eigenvalue weighted by Gasteiger charge is -2.36. The number of aliphatic hydroxyl groups is 1. The quantitative estimate of drug-likeness (QED) is 0.753. The molecule has 1 saturated heterocycles. The predicted octanol–water partition coefficient (Wildman–Crippen LogP) is 2.50. The molecule has 0 aromatic carbocycles. The maximum atomic E-state index is 9.91. The van der Waals surface area contributed by atoms with Gasteiger partial charge >= 0.3 is 0 Å². The van der Waals surface area contributed by atoms with Crippen molar-refractivity contribution >= 4 is 0 Å². The molecule has 2 N–H and O–H groups in total. The van der Waals surface area contributed by atoms with E-state index < -0.39 is 0 Å². The summed E-state index contributed by atoms with van der Waals surface area (Å²) in [6.45, 7) is 12.1. The summed E-state index contributed by atoms with van der Waals surface area (Å²) in [5.74, 6) is 2.35. The third kappa shape index (κ3) is 3.55. The lowest BCUT2D eigenvalue weighted by Crippen LogP contribution is -2.52. The summed E-state index contributed by atoms with van der Waals surface area (Å²) in [6, 6.07) is 0. The Morgan fingerprint density at radius 3 is 2.55 bits per heavy atom. The van der Waals surface area contributed by atoms with Gasteiger partial charge in [-0.25, -0.2) is 0 Å². The highest BCUT2D eigenvalue weighted by molar-refractivity contribution is 4.99. The van der Waals surface area contributed by atoms with Crippen LogP contribution < -0.4 is 5.32 Å². The Morgan fingerprint density at radius 1 is 1.25 bits per heavy atom. The second kappa shape index (κ2) is 7.24. The number of rotatable bonds is 7. The van der Waals surface area contributed by atoms with Crippen LogP contribution in [0.3, 0.4) is 0 Å². The number of nitrogens with one attached hydrogen (secondary N) is 1. The van der Waals surface area contributed by atoms with Crippen LogP contribution >= 0.6 is 0 Å². The zero-order chi connectivity index (χ0) is 14.6. The van der Waals surface area contributed by atoms with Gasteiger partial charge in [-0.3, -0.25) is 0 Å². The first-order valence-electron chi connectivity index (χ1n) is 8.69. The predicted molar refractivity (Wildman–Crippen MR) is 84.8 cm³/mol. The van der Waals surface area contributed by atoms with E-state index in [4.69, 9.17) is 0 Å². The van der Waals surface area contributed by atoms with Crippen molar-refractivity contribution in [3.05, 3.63) is 0 Å². The van der Waals surface area contributed by atoms with E-state index in [-0.39, 0.29) is 5.54 Å². The number of aliphatic hydroxyl groups excluding tert-OH is 1. The summed E-state index contributed by atoms with van der Waals surface area (Å²) in [7, 11) is 0. The Labute approximate surface area is 125 Å². The van der Waals surface area contributed by atoms with Crippen LogP contribution in [0.1, 0.15) is 52.9 Å². The molecule has 2 rings (SSSR count). The minimum atomic E-state index is 0.0208. The fourth-order valence-electron chi connectivity index (χ4n) is 4.21. The zero-order valence-electron chi connectivity index (χ0n) is 13.7. The van der Waals surface area contributed by atoms with Crippen molar-refractivity contribution < 1.29 is 5.11 Å². The molecule has 1 aliphatic heterocycles. The summed E-state index contributed by atoms with van der Waals surface area (Å²) in [4.78, 5) is 2.63. The number of nitrogens with zero attached hydrogens (tertiary/aromatic N) is 1. The third-order valence-electron chi connectivity index (χ3n) is 5.82. The molecule has 0 amide bonds. The van der Waals surface area contributed by atoms with Gasteiger partial charge in [0.25, 0.3) is 0 Å². The van der Waals surface area contributed by atoms with Crippen molar-refractivity contribution in [2.75, 3.05) is 32.8 Å². The number of hydrogen-bond acceptors (Lipinski definition) is 3. The van der Waals surface area contributed by atoms with E-state index >= 15 is 0 Å². The molecule has 0 aromatic heterocycles. The standard InChI is InChI=1S/C17H34N2O/c1-4-9-18-17(13-20)8-5-6-16(17)7-10-19-11-14(2)15(3)12-19/h14-16,18,20H,4-13H2,1-3H3. The van der Waals surface area contributed by atoms with Crippen LogP contribution in [-0.2, 0) is 0 Å². The molecule has 1 aliphatic carbocycles. The molecule has 3 heteroatoms. The van der Waals surface area contributed by atoms with Gasteiger partial charge in [-0.05, 0) is 56.5 Å². The Kier molecular flexibility index (Phi) is 5.88. The number of hydrogen-bond donors (Lipinski definition) is 2. The van der Waals surface area contributed by atoms with Gasteiger partial charge in [-0.1, -0.05) is 27.2 Å². The normalized spacial score (nSPS) is 38.7. The van der Waals surface area contributed by atoms with Crippen molar-refractivity contribution in [2.24, 2.45) is 17.8 Å². The molecule has 3 nitrogen and oxygen atoms in total. The molecule has 2 fully saturated rings. The summed E-state index contributed by atoms with van der Waals surface area (Å²) >= 11 is 0. The van der Waals surface area contributed by atoms with E-state index in [0.29, 0.717) is 12.5 Å². The van der Waals surface area contributed by atoms with Crippen LogP contribution in [0.5, 0.6) is 0 Å². The minimum Gasteiger partial charge on any atom is -0.394 e. The molecule has 118 valence electrons. The zero-order valence-corrected chi connectivity index (χ0v) is 13.7. The van der Waals surface area contributed by atoms with E-state index in [1.165, 1.54) is 38.9 Å². The summed E-state index contributed by atoms with van der Waals surface area (Å²) < 4.78 is 0. The van der Waals surface area contributed by atoms with Crippen molar-refractivity contribution in [1.29, 1.82) is 0 Å². The van der Waals surface area contributed by atoms with E-state index in [9.17, 15) is 5.11 Å². The molecule has 2 aliphatic rings. The maximum absolute atomic E-state index is 9.91. The lowest BCUT2D eigenvalue weighted by molar-refractivity contribution is 0.113. The molecule has 4 unspecified atom stereocenters. The summed E-state index contributed by atoms with van der Waals surface area (Å²) in [5, 5.41) is 13.6. The van der Waals surface area contributed by atoms with E-state index in [1.807, 2.05) is 0 Å². The van der Waals surface area contributed by atoms with Crippen LogP contribution in [0, 0.1) is 17.8 Å². The molecule has 0 radical (unpaired) electrons. The summed E-state index contributed by atoms with van der Waals surface area (Å²) in [5.41, 5.74) is 0.0208. The summed E-state index contributed by atoms with van der Waals surface area (Å²) in [6.07, 6.45) is 6.11. The van der Waals surface area contributed by atoms with E-state index in [2.05, 4.69) is 31.0 Å². The van der Waals surface area contributed by atoms with Gasteiger partial charge in [-0.2, -0.15) is 0 Å². The average molecular weight is 282 g/mol. The van der Waals surface area contributed by atoms with Crippen LogP contribution in [0.15, 0.2) is 0 Å². The fourth-order valence-corrected chi connectivity index (χ4v) is 4.21. The minimum absolute atomic E-state index is 0.0208. The lowest BCUT2D eigenvalue weighted by atomic mass is 9.85. The van der Waals surface area contributed by atoms with Crippen molar-refractivity contribution in [2.45, 2.75) is 58.4 Å². The van der Waals surface area contributed by atoms with Gasteiger partial charge < -0.3 is 15.3 Å². The van der Waals surface area contributed by atoms with E-state index in [0.717, 1.165) is 31.2 Å². The van der Waals surface area contributed by atoms with Crippen molar-refractivity contribution in [3.63, 3.8) is 0 Å². The van der Waals surface area contributed by atoms with Gasteiger partial charge in [0.05, 0.1) is 6.61 Å². The monoisotopic (exact) mass is 282 g/mol. The SMILES string of the molecule is CCCNC1(CO)CCCC1CCN1CC(C)C(C)C1. The van der Waals surface area contributed by atoms with Gasteiger partial charge in [0.1, 0.15) is 0 Å². The van der Waals surface area contributed by atoms with Crippen LogP contribution in [-0.4, -0.2) is 48.3 Å². The van der Waals surface area contributed by atoms with Crippen LogP contribution in [0.25, 0.3) is 0 Å². The van der Waals surface area contributed by atoms with Gasteiger partial charge in [0.2, 0.25) is 0 Å². The third-order valence-corrected chi connectivity index (χ3v) is 5.82. The Morgan fingerprint density at radius 2 is 1.95 bits per heavy atom. The topological polar surface area (TPSA) is 35.5 Å². The van der Waals surface area contributed by atoms with Crippen LogP contribution in [0.2, 0.25) is 0 Å². The smallest absolute Gasteiger partial charge is 0.0616 e. The Hall–Kier alpha value is -0.120. The van der Waals surface area contributed by atoms with Gasteiger partial charge in [0.15, 0.2) is 0 Å². The second-order valence-electron chi connectivity index (χ2n) is 7.33. The second-order valence-corrected chi connectivity index (χ2v) is 7.33. The largest absolute Gasteiger partial charge is 0.394 e. The molecule has 1 saturated carbocycles. The average Bonchev–Trinajstić information content (AvgIpc) is 2.99. The highest BCUT2D eigenvalue weighted by Crippen LogP contribution is 2.38. The van der Waals surface area contributed by atoms with Crippen molar-refractivity contribution in [1.82, 2.24) is 10.2 Å².